The van der Waals surface area contributed by atoms with E-state index in [0.29, 0.717) is 16.6 Å². The minimum absolute atomic E-state index is 0.164. The van der Waals surface area contributed by atoms with E-state index >= 15 is 0 Å². The number of nitriles is 1. The largest absolute Gasteiger partial charge is 0.451 e. The van der Waals surface area contributed by atoms with Crippen molar-refractivity contribution in [2.75, 3.05) is 11.9 Å². The summed E-state index contributed by atoms with van der Waals surface area (Å²) in [6.07, 6.45) is 1.52. The molecule has 0 aliphatic heterocycles. The highest BCUT2D eigenvalue weighted by Gasteiger charge is 2.14. The van der Waals surface area contributed by atoms with Crippen molar-refractivity contribution in [3.8, 4) is 6.07 Å². The molecule has 1 heterocycles. The first-order valence-corrected chi connectivity index (χ1v) is 7.48. The lowest BCUT2D eigenvalue weighted by atomic mass is 10.1. The summed E-state index contributed by atoms with van der Waals surface area (Å²) < 4.78 is 5.05. The van der Waals surface area contributed by atoms with Crippen LogP contribution in [-0.2, 0) is 9.53 Å². The van der Waals surface area contributed by atoms with E-state index in [-0.39, 0.29) is 5.69 Å². The van der Waals surface area contributed by atoms with E-state index in [9.17, 15) is 9.59 Å². The number of carbonyl (C=O) groups excluding carboxylic acids is 2. The predicted molar refractivity (Wildman–Crippen MR) is 91.8 cm³/mol. The Balaban J connectivity index is 1.65. The van der Waals surface area contributed by atoms with Gasteiger partial charge in [0.25, 0.3) is 5.91 Å². The Bertz CT molecular complexity index is 987. The molecule has 0 saturated heterocycles. The molecule has 0 fully saturated rings. The molecule has 2 aromatic carbocycles. The summed E-state index contributed by atoms with van der Waals surface area (Å²) >= 11 is 0. The van der Waals surface area contributed by atoms with Crippen LogP contribution in [0.25, 0.3) is 10.8 Å². The zero-order chi connectivity index (χ0) is 17.6. The second-order valence-electron chi connectivity index (χ2n) is 5.20. The summed E-state index contributed by atoms with van der Waals surface area (Å²) in [7, 11) is 0. The Labute approximate surface area is 143 Å². The number of rotatable bonds is 4. The number of esters is 1. The number of hydrogen-bond donors (Lipinski definition) is 1. The van der Waals surface area contributed by atoms with Gasteiger partial charge in [-0.3, -0.25) is 4.79 Å². The fourth-order valence-electron chi connectivity index (χ4n) is 2.35. The van der Waals surface area contributed by atoms with Gasteiger partial charge in [-0.2, -0.15) is 5.26 Å². The summed E-state index contributed by atoms with van der Waals surface area (Å²) in [5, 5.41) is 12.9. The van der Waals surface area contributed by atoms with Crippen LogP contribution < -0.4 is 5.32 Å². The van der Waals surface area contributed by atoms with E-state index < -0.39 is 18.5 Å². The van der Waals surface area contributed by atoms with Crippen LogP contribution in [0.3, 0.4) is 0 Å². The fourth-order valence-corrected chi connectivity index (χ4v) is 2.35. The van der Waals surface area contributed by atoms with Crippen molar-refractivity contribution in [1.29, 1.82) is 5.26 Å². The van der Waals surface area contributed by atoms with E-state index in [1.165, 1.54) is 12.3 Å². The molecule has 3 rings (SSSR count). The summed E-state index contributed by atoms with van der Waals surface area (Å²) in [4.78, 5) is 28.2. The molecule has 122 valence electrons. The Morgan fingerprint density at radius 1 is 1.12 bits per heavy atom. The fraction of sp³-hybridized carbons (Fsp3) is 0.0526. The number of pyridine rings is 1. The maximum Gasteiger partial charge on any atom is 0.358 e. The first kappa shape index (κ1) is 16.1. The second-order valence-corrected chi connectivity index (χ2v) is 5.20. The number of amides is 1. The van der Waals surface area contributed by atoms with Gasteiger partial charge in [0.15, 0.2) is 12.3 Å². The van der Waals surface area contributed by atoms with Crippen molar-refractivity contribution in [3.63, 3.8) is 0 Å². The average molecular weight is 331 g/mol. The lowest BCUT2D eigenvalue weighted by molar-refractivity contribution is -0.119. The molecule has 0 unspecified atom stereocenters. The number of carbonyl (C=O) groups is 2. The van der Waals surface area contributed by atoms with E-state index in [1.54, 1.807) is 36.4 Å². The Morgan fingerprint density at radius 3 is 2.80 bits per heavy atom. The maximum absolute atomic E-state index is 12.2. The molecule has 0 radical (unpaired) electrons. The Kier molecular flexibility index (Phi) is 4.67. The van der Waals surface area contributed by atoms with Crippen LogP contribution in [0.5, 0.6) is 0 Å². The highest BCUT2D eigenvalue weighted by atomic mass is 16.5. The minimum atomic E-state index is -0.669. The van der Waals surface area contributed by atoms with E-state index in [4.69, 9.17) is 10.00 Å². The first-order chi connectivity index (χ1) is 12.2. The highest BCUT2D eigenvalue weighted by molar-refractivity contribution is 6.03. The van der Waals surface area contributed by atoms with Crippen LogP contribution in [0.15, 0.2) is 60.8 Å². The zero-order valence-electron chi connectivity index (χ0n) is 13.1. The second kappa shape index (κ2) is 7.23. The Hall–Kier alpha value is -3.72. The van der Waals surface area contributed by atoms with Crippen LogP contribution in [0.2, 0.25) is 0 Å². The average Bonchev–Trinajstić information content (AvgIpc) is 2.65. The molecule has 0 bridgehead atoms. The number of anilines is 1. The van der Waals surface area contributed by atoms with Gasteiger partial charge < -0.3 is 10.1 Å². The molecular weight excluding hydrogens is 318 g/mol. The molecule has 3 aromatic rings. The molecule has 0 atom stereocenters. The molecule has 1 N–H and O–H groups in total. The van der Waals surface area contributed by atoms with Gasteiger partial charge in [-0.1, -0.05) is 30.3 Å². The quantitative estimate of drug-likeness (QED) is 0.742. The van der Waals surface area contributed by atoms with Gasteiger partial charge in [0.1, 0.15) is 0 Å². The third-order valence-electron chi connectivity index (χ3n) is 3.48. The van der Waals surface area contributed by atoms with Crippen molar-refractivity contribution < 1.29 is 14.3 Å². The number of benzene rings is 2. The molecule has 6 heteroatoms. The normalized spacial score (nSPS) is 10.0. The molecule has 0 aliphatic carbocycles. The summed E-state index contributed by atoms with van der Waals surface area (Å²) in [5.41, 5.74) is 1.05. The molecule has 25 heavy (non-hydrogen) atoms. The van der Waals surface area contributed by atoms with Crippen molar-refractivity contribution in [3.05, 3.63) is 72.1 Å². The van der Waals surface area contributed by atoms with E-state index in [0.717, 1.165) is 5.39 Å². The van der Waals surface area contributed by atoms with Gasteiger partial charge in [0, 0.05) is 17.3 Å². The van der Waals surface area contributed by atoms with Gasteiger partial charge in [-0.15, -0.1) is 0 Å². The van der Waals surface area contributed by atoms with E-state index in [1.807, 2.05) is 18.2 Å². The van der Waals surface area contributed by atoms with Crippen LogP contribution in [0.1, 0.15) is 16.1 Å². The third kappa shape index (κ3) is 3.79. The third-order valence-corrected chi connectivity index (χ3v) is 3.48. The van der Waals surface area contributed by atoms with Gasteiger partial charge in [0.2, 0.25) is 0 Å². The van der Waals surface area contributed by atoms with Crippen LogP contribution >= 0.6 is 0 Å². The topological polar surface area (TPSA) is 92.1 Å². The van der Waals surface area contributed by atoms with Crippen molar-refractivity contribution >= 4 is 28.3 Å². The van der Waals surface area contributed by atoms with Crippen LogP contribution in [0.4, 0.5) is 5.69 Å². The molecule has 0 aliphatic rings. The summed E-state index contributed by atoms with van der Waals surface area (Å²) in [6.45, 7) is -0.444. The molecule has 0 spiro atoms. The monoisotopic (exact) mass is 331 g/mol. The number of fused-ring (bicyclic) bond motifs is 1. The molecule has 1 aromatic heterocycles. The van der Waals surface area contributed by atoms with Gasteiger partial charge in [-0.05, 0) is 29.7 Å². The molecular formula is C19H13N3O3. The number of nitrogens with zero attached hydrogens (tertiary/aromatic N) is 2. The number of aromatic nitrogens is 1. The molecule has 1 amide bonds. The maximum atomic E-state index is 12.2. The van der Waals surface area contributed by atoms with Crippen molar-refractivity contribution in [2.45, 2.75) is 0 Å². The van der Waals surface area contributed by atoms with Crippen LogP contribution in [-0.4, -0.2) is 23.5 Å². The predicted octanol–water partition coefficient (Wildman–Crippen LogP) is 2.90. The van der Waals surface area contributed by atoms with E-state index in [2.05, 4.69) is 10.3 Å². The van der Waals surface area contributed by atoms with Gasteiger partial charge in [-0.25, -0.2) is 9.78 Å². The lowest BCUT2D eigenvalue weighted by Gasteiger charge is -2.08. The van der Waals surface area contributed by atoms with Crippen molar-refractivity contribution in [1.82, 2.24) is 4.98 Å². The van der Waals surface area contributed by atoms with Crippen molar-refractivity contribution in [2.24, 2.45) is 0 Å². The number of hydrogen-bond acceptors (Lipinski definition) is 5. The smallest absolute Gasteiger partial charge is 0.358 e. The SMILES string of the molecule is N#Cc1cccc(NC(=O)COC(=O)c2nccc3ccccc23)c1. The van der Waals surface area contributed by atoms with Gasteiger partial charge in [0.05, 0.1) is 11.6 Å². The molecule has 6 nitrogen and oxygen atoms in total. The minimum Gasteiger partial charge on any atom is -0.451 e. The summed E-state index contributed by atoms with van der Waals surface area (Å²) in [6, 6.07) is 17.5. The number of nitrogens with one attached hydrogen (secondary N) is 1. The van der Waals surface area contributed by atoms with Crippen LogP contribution in [0, 0.1) is 11.3 Å². The first-order valence-electron chi connectivity index (χ1n) is 7.48. The van der Waals surface area contributed by atoms with Gasteiger partial charge >= 0.3 is 5.97 Å². The number of ether oxygens (including phenoxy) is 1. The lowest BCUT2D eigenvalue weighted by Crippen LogP contribution is -2.21. The Morgan fingerprint density at radius 2 is 1.96 bits per heavy atom. The highest BCUT2D eigenvalue weighted by Crippen LogP contribution is 2.17. The summed E-state index contributed by atoms with van der Waals surface area (Å²) in [5.74, 6) is -1.17. The molecule has 0 saturated carbocycles. The standard InChI is InChI=1S/C19H13N3O3/c20-11-13-4-3-6-15(10-13)22-17(23)12-25-19(24)18-16-7-2-1-5-14(16)8-9-21-18/h1-10H,12H2,(H,22,23). The zero-order valence-corrected chi connectivity index (χ0v) is 13.1.